The van der Waals surface area contributed by atoms with Crippen molar-refractivity contribution in [2.75, 3.05) is 78.9 Å². The number of hydrogen-bond donors (Lipinski definition) is 15. The van der Waals surface area contributed by atoms with Gasteiger partial charge in [-0.15, -0.1) is 0 Å². The van der Waals surface area contributed by atoms with Crippen molar-refractivity contribution in [3.63, 3.8) is 0 Å². The normalized spacial score (nSPS) is 10.5. The third-order valence-electron chi connectivity index (χ3n) is 7.00. The Bertz CT molecular complexity index is 1120. The van der Waals surface area contributed by atoms with E-state index in [4.69, 9.17) is 63.2 Å². The van der Waals surface area contributed by atoms with Crippen LogP contribution in [0.15, 0.2) is 0 Å². The number of carbonyl (C=O) groups is 9. The van der Waals surface area contributed by atoms with Crippen molar-refractivity contribution in [2.24, 2.45) is 17.2 Å². The Morgan fingerprint density at radius 1 is 0.383 bits per heavy atom. The molecule has 0 bridgehead atoms. The van der Waals surface area contributed by atoms with Gasteiger partial charge >= 0.3 is 142 Å². The molecule has 0 heterocycles. The number of rotatable bonds is 30. The van der Waals surface area contributed by atoms with Gasteiger partial charge in [0.1, 0.15) is 19.8 Å². The van der Waals surface area contributed by atoms with Gasteiger partial charge in [-0.25, -0.2) is 0 Å². The van der Waals surface area contributed by atoms with E-state index in [0.29, 0.717) is 0 Å². The average molecular weight is 907 g/mol. The van der Waals surface area contributed by atoms with Crippen molar-refractivity contribution in [2.45, 2.75) is 55.1 Å². The van der Waals surface area contributed by atoms with Crippen LogP contribution in [0.4, 0.5) is 0 Å². The van der Waals surface area contributed by atoms with Crippen LogP contribution in [0, 0.1) is 0 Å². The van der Waals surface area contributed by atoms with Crippen molar-refractivity contribution in [3.05, 3.63) is 0 Å². The van der Waals surface area contributed by atoms with Crippen molar-refractivity contribution in [3.8, 4) is 0 Å². The van der Waals surface area contributed by atoms with Gasteiger partial charge in [-0.05, 0) is 0 Å². The summed E-state index contributed by atoms with van der Waals surface area (Å²) in [5.41, 5.74) is 12.0. The van der Waals surface area contributed by atoms with Crippen molar-refractivity contribution >= 4 is 142 Å². The first-order valence-electron chi connectivity index (χ1n) is 16.5. The van der Waals surface area contributed by atoms with Crippen LogP contribution in [0.1, 0.15) is 38.5 Å². The molecule has 0 aliphatic rings. The molecule has 0 saturated carbocycles. The minimum absolute atomic E-state index is 0. The van der Waals surface area contributed by atoms with Crippen LogP contribution in [0.25, 0.3) is 0 Å². The van der Waals surface area contributed by atoms with Crippen LogP contribution < -0.4 is 33.2 Å². The van der Waals surface area contributed by atoms with Gasteiger partial charge in [0.05, 0.1) is 94.6 Å². The number of nitrogens with one attached hydrogen (secondary N) is 3. The summed E-state index contributed by atoms with van der Waals surface area (Å²) in [6.07, 6.45) is -3.23. The van der Waals surface area contributed by atoms with E-state index in [1.807, 2.05) is 0 Å². The first-order chi connectivity index (χ1) is 26.5. The number of carbonyl (C=O) groups excluding carboxylic acids is 3. The summed E-state index contributed by atoms with van der Waals surface area (Å²) in [6.45, 7) is -3.53. The van der Waals surface area contributed by atoms with E-state index < -0.39 is 128 Å². The van der Waals surface area contributed by atoms with Crippen molar-refractivity contribution < 1.29 is 103 Å². The number of esters is 3. The number of carboxylic acid groups (broad SMARTS) is 6. The molecule has 0 saturated heterocycles. The molecule has 0 radical (unpaired) electrons. The SMILES string of the molecule is NCC(CC(=O)O)(CC(=O)O)NCC(=O)OCCO.NCC(CC(=O)O)(CC(=O)O)NCC(=O)OCCO.NCC(CC(=O)O)(CC(=O)O)NCC(=O)OCCO.[NaH].[NaH].[NaH]. The zero-order valence-corrected chi connectivity index (χ0v) is 30.9. The second-order valence-corrected chi connectivity index (χ2v) is 11.8. The van der Waals surface area contributed by atoms with Crippen molar-refractivity contribution in [1.82, 2.24) is 16.0 Å². The number of nitrogens with two attached hydrogens (primary N) is 3. The molecule has 30 heteroatoms. The molecule has 0 aromatic carbocycles. The van der Waals surface area contributed by atoms with Gasteiger partial charge in [0.15, 0.2) is 0 Å². The van der Waals surface area contributed by atoms with Gasteiger partial charge in [-0.3, -0.25) is 59.1 Å². The van der Waals surface area contributed by atoms with Crippen LogP contribution in [0.5, 0.6) is 0 Å². The number of aliphatic carboxylic acids is 6. The van der Waals surface area contributed by atoms with Crippen LogP contribution in [0.2, 0.25) is 0 Å². The molecule has 0 aromatic heterocycles. The Kier molecular flexibility index (Phi) is 46.0. The topological polar surface area (TPSA) is 478 Å². The molecule has 0 unspecified atom stereocenters. The van der Waals surface area contributed by atoms with Gasteiger partial charge in [-0.2, -0.15) is 0 Å². The second-order valence-electron chi connectivity index (χ2n) is 11.8. The van der Waals surface area contributed by atoms with E-state index in [-0.39, 0.29) is 148 Å². The van der Waals surface area contributed by atoms with Crippen LogP contribution in [-0.4, -0.2) is 284 Å². The van der Waals surface area contributed by atoms with Crippen LogP contribution >= 0.6 is 0 Å². The maximum atomic E-state index is 11.2. The fraction of sp³-hybridized carbons (Fsp3) is 0.700. The summed E-state index contributed by atoms with van der Waals surface area (Å²) < 4.78 is 13.7. The van der Waals surface area contributed by atoms with Gasteiger partial charge in [-0.1, -0.05) is 0 Å². The zero-order valence-electron chi connectivity index (χ0n) is 30.9. The summed E-state index contributed by atoms with van der Waals surface area (Å²) in [5.74, 6) is -9.60. The molecular weight excluding hydrogens is 849 g/mol. The fourth-order valence-corrected chi connectivity index (χ4v) is 4.36. The first kappa shape index (κ1) is 69.6. The fourth-order valence-electron chi connectivity index (χ4n) is 4.36. The molecule has 0 aromatic rings. The molecule has 0 aliphatic carbocycles. The third kappa shape index (κ3) is 37.6. The number of aliphatic hydroxyl groups excluding tert-OH is 3. The van der Waals surface area contributed by atoms with E-state index in [9.17, 15) is 43.2 Å². The van der Waals surface area contributed by atoms with Gasteiger partial charge in [0, 0.05) is 19.6 Å². The van der Waals surface area contributed by atoms with E-state index in [2.05, 4.69) is 30.2 Å². The van der Waals surface area contributed by atoms with Crippen LogP contribution in [-0.2, 0) is 57.4 Å². The summed E-state index contributed by atoms with van der Waals surface area (Å²) in [5, 5.41) is 85.5. The Balaban J connectivity index is -0.000000178. The molecule has 0 aliphatic heterocycles. The molecule has 0 rings (SSSR count). The quantitative estimate of drug-likeness (QED) is 0.0181. The number of carboxylic acids is 6. The van der Waals surface area contributed by atoms with E-state index in [0.717, 1.165) is 0 Å². The average Bonchev–Trinajstić information content (AvgIpc) is 3.11. The Morgan fingerprint density at radius 3 is 0.667 bits per heavy atom. The Hall–Kier alpha value is -2.13. The third-order valence-corrected chi connectivity index (χ3v) is 7.00. The monoisotopic (exact) mass is 906 g/mol. The summed E-state index contributed by atoms with van der Waals surface area (Å²) >= 11 is 0. The van der Waals surface area contributed by atoms with E-state index in [1.165, 1.54) is 0 Å². The minimum atomic E-state index is -1.42. The predicted molar refractivity (Wildman–Crippen MR) is 208 cm³/mol. The molecule has 60 heavy (non-hydrogen) atoms. The number of ether oxygens (including phenoxy) is 3. The Labute approximate surface area is 409 Å². The maximum absolute atomic E-state index is 11.2. The van der Waals surface area contributed by atoms with Gasteiger partial charge < -0.3 is 77.4 Å². The molecule has 336 valence electrons. The molecule has 18 N–H and O–H groups in total. The first-order valence-corrected chi connectivity index (χ1v) is 16.5. The van der Waals surface area contributed by atoms with Gasteiger partial charge in [0.25, 0.3) is 0 Å². The predicted octanol–water partition coefficient (Wildman–Crippen LogP) is -8.67. The summed E-state index contributed by atoms with van der Waals surface area (Å²) in [4.78, 5) is 98.0. The molecular formula is C30H57N6Na3O21. The van der Waals surface area contributed by atoms with E-state index in [1.54, 1.807) is 0 Å². The Morgan fingerprint density at radius 2 is 0.550 bits per heavy atom. The summed E-state index contributed by atoms with van der Waals surface area (Å²) in [6, 6.07) is 0. The molecule has 0 fully saturated rings. The van der Waals surface area contributed by atoms with Crippen LogP contribution in [0.3, 0.4) is 0 Å². The second kappa shape index (κ2) is 39.7. The molecule has 27 nitrogen and oxygen atoms in total. The molecule has 0 atom stereocenters. The van der Waals surface area contributed by atoms with Gasteiger partial charge in [0.2, 0.25) is 0 Å². The van der Waals surface area contributed by atoms with E-state index >= 15 is 0 Å². The number of aliphatic hydroxyl groups is 3. The zero-order chi connectivity index (χ0) is 44.7. The number of hydrogen-bond acceptors (Lipinski definition) is 21. The molecule has 0 amide bonds. The van der Waals surface area contributed by atoms with Crippen molar-refractivity contribution in [1.29, 1.82) is 0 Å². The molecule has 0 spiro atoms. The standard InChI is InChI=1S/3C10H18N2O7.3Na.3H/c3*11-6-10(3-7(14)15,4-8(16)17)12-5-9(18)19-2-1-13;;;;;;/h3*12-13H,1-6,11H2,(H,14,15)(H,16,17);;;;;;. The summed E-state index contributed by atoms with van der Waals surface area (Å²) in [7, 11) is 0.